The summed E-state index contributed by atoms with van der Waals surface area (Å²) >= 11 is 0. The Hall–Kier alpha value is -3.30. The Balaban J connectivity index is 1.76. The molecular formula is C32H28P2. The molecule has 2 heteroatoms. The molecule has 0 aliphatic rings. The molecule has 0 radical (unpaired) electrons. The molecule has 0 aliphatic carbocycles. The molecule has 0 unspecified atom stereocenters. The van der Waals surface area contributed by atoms with E-state index in [0.29, 0.717) is 0 Å². The molecule has 0 nitrogen and oxygen atoms in total. The topological polar surface area (TPSA) is 0 Å². The van der Waals surface area contributed by atoms with Crippen molar-refractivity contribution in [3.63, 3.8) is 0 Å². The molecule has 0 bridgehead atoms. The van der Waals surface area contributed by atoms with E-state index in [1.165, 1.54) is 31.8 Å². The molecule has 0 aromatic heterocycles. The van der Waals surface area contributed by atoms with Crippen molar-refractivity contribution >= 4 is 58.2 Å². The van der Waals surface area contributed by atoms with Gasteiger partial charge in [0.25, 0.3) is 0 Å². The van der Waals surface area contributed by atoms with Gasteiger partial charge in [-0.2, -0.15) is 0 Å². The minimum atomic E-state index is -2.07. The van der Waals surface area contributed by atoms with Gasteiger partial charge in [-0.25, -0.2) is 0 Å². The van der Waals surface area contributed by atoms with Crippen molar-refractivity contribution in [2.24, 2.45) is 0 Å². The van der Waals surface area contributed by atoms with Gasteiger partial charge in [-0.05, 0) is 51.7 Å². The van der Waals surface area contributed by atoms with E-state index in [2.05, 4.69) is 146 Å². The van der Waals surface area contributed by atoms with Crippen molar-refractivity contribution in [1.29, 1.82) is 0 Å². The standard InChI is InChI=1S/C32H28P2/c1-33(27-16-7-3-8-17-27,28-18-9-4-10-19-28)31-24-15-25-32(26-31)34(2,29-20-11-5-12-21-29)30-22-13-6-14-23-30/h3-26H,1-2H2. The lowest BCUT2D eigenvalue weighted by atomic mass is 10.3. The summed E-state index contributed by atoms with van der Waals surface area (Å²) in [5.74, 6) is 0. The van der Waals surface area contributed by atoms with E-state index in [4.69, 9.17) is 12.6 Å². The molecule has 34 heavy (non-hydrogen) atoms. The van der Waals surface area contributed by atoms with Gasteiger partial charge in [-0.1, -0.05) is 152 Å². The maximum absolute atomic E-state index is 4.95. The normalized spacial score (nSPS) is 11.8. The van der Waals surface area contributed by atoms with Crippen molar-refractivity contribution in [1.82, 2.24) is 0 Å². The molecule has 0 amide bonds. The highest BCUT2D eigenvalue weighted by Crippen LogP contribution is 2.45. The zero-order valence-electron chi connectivity index (χ0n) is 19.2. The molecule has 0 fully saturated rings. The molecule has 0 saturated heterocycles. The number of rotatable bonds is 6. The molecule has 0 aliphatic heterocycles. The zero-order valence-corrected chi connectivity index (χ0v) is 21.0. The molecule has 5 aromatic carbocycles. The molecule has 5 aromatic rings. The minimum Gasteiger partial charge on any atom is -0.0887 e. The largest absolute Gasteiger partial charge is 0.0887 e. The fraction of sp³-hybridized carbons (Fsp3) is 0. The quantitative estimate of drug-likeness (QED) is 0.299. The maximum atomic E-state index is 4.95. The highest BCUT2D eigenvalue weighted by molar-refractivity contribution is 7.94. The Morgan fingerprint density at radius 3 is 0.794 bits per heavy atom. The van der Waals surface area contributed by atoms with E-state index in [-0.39, 0.29) is 0 Å². The van der Waals surface area contributed by atoms with Crippen LogP contribution in [0.2, 0.25) is 0 Å². The predicted molar refractivity (Wildman–Crippen MR) is 158 cm³/mol. The molecule has 5 rings (SSSR count). The van der Waals surface area contributed by atoms with Gasteiger partial charge in [0.1, 0.15) is 0 Å². The summed E-state index contributed by atoms with van der Waals surface area (Å²) in [6.07, 6.45) is 9.90. The maximum Gasteiger partial charge on any atom is -0.0159 e. The highest BCUT2D eigenvalue weighted by Gasteiger charge is 2.26. The van der Waals surface area contributed by atoms with Crippen molar-refractivity contribution in [2.75, 3.05) is 0 Å². The first-order valence-electron chi connectivity index (χ1n) is 11.4. The monoisotopic (exact) mass is 474 g/mol. The second-order valence-corrected chi connectivity index (χ2v) is 14.8. The van der Waals surface area contributed by atoms with Gasteiger partial charge in [0.2, 0.25) is 0 Å². The Morgan fingerprint density at radius 1 is 0.294 bits per heavy atom. The van der Waals surface area contributed by atoms with Crippen molar-refractivity contribution in [3.8, 4) is 0 Å². The Bertz CT molecular complexity index is 1270. The Morgan fingerprint density at radius 2 is 0.529 bits per heavy atom. The first-order valence-corrected chi connectivity index (χ1v) is 15.4. The third-order valence-electron chi connectivity index (χ3n) is 6.50. The molecule has 0 heterocycles. The van der Waals surface area contributed by atoms with Crippen molar-refractivity contribution in [2.45, 2.75) is 0 Å². The van der Waals surface area contributed by atoms with Crippen LogP contribution in [0.25, 0.3) is 0 Å². The van der Waals surface area contributed by atoms with Crippen LogP contribution in [0.5, 0.6) is 0 Å². The van der Waals surface area contributed by atoms with Gasteiger partial charge in [0.05, 0.1) is 0 Å². The second-order valence-electron chi connectivity index (χ2n) is 8.48. The smallest absolute Gasteiger partial charge is 0.0159 e. The summed E-state index contributed by atoms with van der Waals surface area (Å²) in [5.41, 5.74) is 0. The fourth-order valence-corrected chi connectivity index (χ4v) is 10.6. The van der Waals surface area contributed by atoms with E-state index >= 15 is 0 Å². The number of hydrogen-bond acceptors (Lipinski definition) is 0. The summed E-state index contributed by atoms with van der Waals surface area (Å²) in [6, 6.07) is 52.1. The van der Waals surface area contributed by atoms with E-state index in [1.54, 1.807) is 0 Å². The number of benzene rings is 5. The third kappa shape index (κ3) is 3.95. The lowest BCUT2D eigenvalue weighted by Gasteiger charge is -2.30. The van der Waals surface area contributed by atoms with Gasteiger partial charge >= 0.3 is 0 Å². The van der Waals surface area contributed by atoms with Crippen molar-refractivity contribution < 1.29 is 0 Å². The molecular weight excluding hydrogens is 446 g/mol. The van der Waals surface area contributed by atoms with Crippen LogP contribution in [0.15, 0.2) is 146 Å². The summed E-state index contributed by atoms with van der Waals surface area (Å²) < 4.78 is 0. The number of hydrogen-bond donors (Lipinski definition) is 0. The summed E-state index contributed by atoms with van der Waals surface area (Å²) in [6.45, 7) is -4.13. The molecule has 0 spiro atoms. The second kappa shape index (κ2) is 9.52. The van der Waals surface area contributed by atoms with Crippen LogP contribution >= 0.6 is 13.8 Å². The van der Waals surface area contributed by atoms with E-state index < -0.39 is 13.8 Å². The SMILES string of the molecule is C=P(c1ccccc1)(c1ccccc1)c1cccc(P(=C)(c2ccccc2)c2ccccc2)c1. The van der Waals surface area contributed by atoms with E-state index in [1.807, 2.05) is 0 Å². The molecule has 0 N–H and O–H groups in total. The first kappa shape index (κ1) is 22.5. The first-order chi connectivity index (χ1) is 16.6. The highest BCUT2D eigenvalue weighted by atomic mass is 31.2. The summed E-state index contributed by atoms with van der Waals surface area (Å²) in [5, 5.41) is 7.69. The van der Waals surface area contributed by atoms with Gasteiger partial charge < -0.3 is 0 Å². The Labute approximate surface area is 203 Å². The minimum absolute atomic E-state index is 1.28. The molecule has 0 saturated carbocycles. The summed E-state index contributed by atoms with van der Waals surface area (Å²) in [7, 11) is 0. The van der Waals surface area contributed by atoms with Crippen LogP contribution in [0.4, 0.5) is 0 Å². The van der Waals surface area contributed by atoms with Gasteiger partial charge in [-0.3, -0.25) is 0 Å². The lowest BCUT2D eigenvalue weighted by molar-refractivity contribution is 1.74. The van der Waals surface area contributed by atoms with E-state index in [0.717, 1.165) is 0 Å². The van der Waals surface area contributed by atoms with E-state index in [9.17, 15) is 0 Å². The van der Waals surface area contributed by atoms with Crippen LogP contribution in [0.1, 0.15) is 0 Å². The lowest BCUT2D eigenvalue weighted by Crippen LogP contribution is -2.30. The predicted octanol–water partition coefficient (Wildman–Crippen LogP) is 5.14. The Kier molecular flexibility index (Phi) is 6.30. The van der Waals surface area contributed by atoms with Crippen LogP contribution in [0, 0.1) is 0 Å². The van der Waals surface area contributed by atoms with Gasteiger partial charge in [0, 0.05) is 0 Å². The summed E-state index contributed by atoms with van der Waals surface area (Å²) in [4.78, 5) is 0. The average Bonchev–Trinajstić information content (AvgIpc) is 2.94. The molecule has 166 valence electrons. The van der Waals surface area contributed by atoms with Crippen LogP contribution < -0.4 is 31.8 Å². The van der Waals surface area contributed by atoms with Crippen molar-refractivity contribution in [3.05, 3.63) is 146 Å². The van der Waals surface area contributed by atoms with Gasteiger partial charge in [-0.15, -0.1) is 0 Å². The fourth-order valence-electron chi connectivity index (χ4n) is 4.59. The van der Waals surface area contributed by atoms with Gasteiger partial charge in [0.15, 0.2) is 0 Å². The van der Waals surface area contributed by atoms with Crippen LogP contribution in [-0.2, 0) is 0 Å². The van der Waals surface area contributed by atoms with Crippen LogP contribution in [-0.4, -0.2) is 12.6 Å². The third-order valence-corrected chi connectivity index (χ3v) is 13.5. The molecule has 0 atom stereocenters. The zero-order chi connectivity index (χ0) is 23.4. The average molecular weight is 475 g/mol. The van der Waals surface area contributed by atoms with Crippen LogP contribution in [0.3, 0.4) is 0 Å².